The summed E-state index contributed by atoms with van der Waals surface area (Å²) in [4.78, 5) is 10.9. The summed E-state index contributed by atoms with van der Waals surface area (Å²) in [6, 6.07) is 2.06. The van der Waals surface area contributed by atoms with Gasteiger partial charge in [-0.25, -0.2) is 4.98 Å². The van der Waals surface area contributed by atoms with E-state index in [4.69, 9.17) is 0 Å². The van der Waals surface area contributed by atoms with E-state index in [9.17, 15) is 0 Å². The van der Waals surface area contributed by atoms with Crippen LogP contribution in [0.5, 0.6) is 0 Å². The normalized spacial score (nSPS) is 15.6. The molecule has 1 aliphatic rings. The highest BCUT2D eigenvalue weighted by atomic mass is 79.9. The van der Waals surface area contributed by atoms with Crippen LogP contribution in [0.25, 0.3) is 0 Å². The summed E-state index contributed by atoms with van der Waals surface area (Å²) >= 11 is 3.56. The standard InChI is InChI=1S/C14H17BrN4/c1-2-14-17-5-6-18(14)8-11-9-19(10-11)13-3-4-16-7-12(13)15/h3-7,11H,2,8-10H2,1H3. The topological polar surface area (TPSA) is 34.0 Å². The quantitative estimate of drug-likeness (QED) is 0.868. The van der Waals surface area contributed by atoms with Gasteiger partial charge in [-0.05, 0) is 22.0 Å². The van der Waals surface area contributed by atoms with Crippen molar-refractivity contribution in [1.29, 1.82) is 0 Å². The Morgan fingerprint density at radius 2 is 2.21 bits per heavy atom. The fourth-order valence-corrected chi connectivity index (χ4v) is 3.11. The number of rotatable bonds is 4. The summed E-state index contributed by atoms with van der Waals surface area (Å²) in [5.74, 6) is 1.89. The Morgan fingerprint density at radius 3 is 2.95 bits per heavy atom. The number of imidazole rings is 1. The lowest BCUT2D eigenvalue weighted by Crippen LogP contribution is -2.48. The van der Waals surface area contributed by atoms with Crippen molar-refractivity contribution in [2.75, 3.05) is 18.0 Å². The minimum Gasteiger partial charge on any atom is -0.370 e. The van der Waals surface area contributed by atoms with Crippen LogP contribution in [0.2, 0.25) is 0 Å². The molecule has 2 aromatic rings. The molecule has 0 atom stereocenters. The van der Waals surface area contributed by atoms with Crippen molar-refractivity contribution in [2.24, 2.45) is 5.92 Å². The van der Waals surface area contributed by atoms with Crippen LogP contribution < -0.4 is 4.90 Å². The molecular formula is C14H17BrN4. The molecule has 100 valence electrons. The van der Waals surface area contributed by atoms with Crippen molar-refractivity contribution in [2.45, 2.75) is 19.9 Å². The van der Waals surface area contributed by atoms with Gasteiger partial charge in [-0.3, -0.25) is 4.98 Å². The fraction of sp³-hybridized carbons (Fsp3) is 0.429. The van der Waals surface area contributed by atoms with Gasteiger partial charge in [0.05, 0.1) is 10.2 Å². The molecule has 1 saturated heterocycles. The van der Waals surface area contributed by atoms with Crippen LogP contribution in [0, 0.1) is 5.92 Å². The Balaban J connectivity index is 1.60. The highest BCUT2D eigenvalue weighted by molar-refractivity contribution is 9.10. The summed E-state index contributed by atoms with van der Waals surface area (Å²) in [5.41, 5.74) is 1.24. The molecule has 0 N–H and O–H groups in total. The van der Waals surface area contributed by atoms with E-state index < -0.39 is 0 Å². The van der Waals surface area contributed by atoms with E-state index in [0.29, 0.717) is 5.92 Å². The van der Waals surface area contributed by atoms with E-state index in [1.165, 1.54) is 11.5 Å². The Kier molecular flexibility index (Phi) is 3.55. The molecule has 3 rings (SSSR count). The smallest absolute Gasteiger partial charge is 0.108 e. The van der Waals surface area contributed by atoms with Crippen LogP contribution in [-0.4, -0.2) is 27.6 Å². The monoisotopic (exact) mass is 320 g/mol. The third kappa shape index (κ3) is 2.52. The molecule has 0 spiro atoms. The third-order valence-corrected chi connectivity index (χ3v) is 4.23. The number of pyridine rings is 1. The van der Waals surface area contributed by atoms with Gasteiger partial charge in [0, 0.05) is 56.8 Å². The van der Waals surface area contributed by atoms with Gasteiger partial charge in [0.2, 0.25) is 0 Å². The van der Waals surface area contributed by atoms with Crippen LogP contribution >= 0.6 is 15.9 Å². The minimum absolute atomic E-state index is 0.708. The summed E-state index contributed by atoms with van der Waals surface area (Å²) in [6.45, 7) is 5.43. The summed E-state index contributed by atoms with van der Waals surface area (Å²) < 4.78 is 3.36. The lowest BCUT2D eigenvalue weighted by molar-refractivity contribution is 0.353. The molecule has 2 aromatic heterocycles. The summed E-state index contributed by atoms with van der Waals surface area (Å²) in [6.07, 6.45) is 8.68. The zero-order valence-corrected chi connectivity index (χ0v) is 12.5. The molecule has 0 saturated carbocycles. The van der Waals surface area contributed by atoms with Crippen LogP contribution in [0.3, 0.4) is 0 Å². The van der Waals surface area contributed by atoms with Gasteiger partial charge in [0.1, 0.15) is 5.82 Å². The van der Waals surface area contributed by atoms with Crippen molar-refractivity contribution in [1.82, 2.24) is 14.5 Å². The van der Waals surface area contributed by atoms with E-state index >= 15 is 0 Å². The lowest BCUT2D eigenvalue weighted by Gasteiger charge is -2.41. The third-order valence-electron chi connectivity index (χ3n) is 3.62. The molecule has 0 radical (unpaired) electrons. The number of aryl methyl sites for hydroxylation is 1. The maximum atomic E-state index is 4.37. The van der Waals surface area contributed by atoms with Crippen LogP contribution in [0.1, 0.15) is 12.7 Å². The van der Waals surface area contributed by atoms with Gasteiger partial charge in [0.25, 0.3) is 0 Å². The molecule has 4 nitrogen and oxygen atoms in total. The molecule has 5 heteroatoms. The Bertz CT molecular complexity index is 560. The molecule has 0 unspecified atom stereocenters. The number of anilines is 1. The summed E-state index contributed by atoms with van der Waals surface area (Å²) in [7, 11) is 0. The van der Waals surface area contributed by atoms with Crippen molar-refractivity contribution < 1.29 is 0 Å². The lowest BCUT2D eigenvalue weighted by atomic mass is 9.99. The van der Waals surface area contributed by atoms with Gasteiger partial charge >= 0.3 is 0 Å². The second-order valence-electron chi connectivity index (χ2n) is 4.95. The molecule has 1 fully saturated rings. The Hall–Kier alpha value is -1.36. The zero-order chi connectivity index (χ0) is 13.2. The number of hydrogen-bond acceptors (Lipinski definition) is 3. The molecule has 1 aliphatic heterocycles. The number of aromatic nitrogens is 3. The van der Waals surface area contributed by atoms with E-state index in [2.05, 4.69) is 54.6 Å². The van der Waals surface area contributed by atoms with E-state index in [0.717, 1.165) is 30.5 Å². The highest BCUT2D eigenvalue weighted by Gasteiger charge is 2.28. The van der Waals surface area contributed by atoms with Crippen LogP contribution in [0.4, 0.5) is 5.69 Å². The maximum Gasteiger partial charge on any atom is 0.108 e. The van der Waals surface area contributed by atoms with Crippen LogP contribution in [0.15, 0.2) is 35.3 Å². The van der Waals surface area contributed by atoms with Crippen molar-refractivity contribution in [3.63, 3.8) is 0 Å². The number of hydrogen-bond donors (Lipinski definition) is 0. The maximum absolute atomic E-state index is 4.37. The molecule has 0 aliphatic carbocycles. The highest BCUT2D eigenvalue weighted by Crippen LogP contribution is 2.31. The Morgan fingerprint density at radius 1 is 1.37 bits per heavy atom. The van der Waals surface area contributed by atoms with Crippen molar-refractivity contribution >= 4 is 21.6 Å². The number of halogens is 1. The van der Waals surface area contributed by atoms with Crippen LogP contribution in [-0.2, 0) is 13.0 Å². The van der Waals surface area contributed by atoms with E-state index in [1.807, 2.05) is 18.6 Å². The molecule has 0 bridgehead atoms. The first kappa shape index (κ1) is 12.7. The van der Waals surface area contributed by atoms with E-state index in [1.54, 1.807) is 0 Å². The van der Waals surface area contributed by atoms with Gasteiger partial charge in [0.15, 0.2) is 0 Å². The molecule has 3 heterocycles. The average Bonchev–Trinajstić information content (AvgIpc) is 2.82. The average molecular weight is 321 g/mol. The van der Waals surface area contributed by atoms with Crippen molar-refractivity contribution in [3.8, 4) is 0 Å². The molecule has 0 amide bonds. The first-order valence-electron chi connectivity index (χ1n) is 6.62. The Labute approximate surface area is 121 Å². The van der Waals surface area contributed by atoms with Crippen molar-refractivity contribution in [3.05, 3.63) is 41.2 Å². The van der Waals surface area contributed by atoms with Gasteiger partial charge in [-0.2, -0.15) is 0 Å². The zero-order valence-electron chi connectivity index (χ0n) is 11.0. The summed E-state index contributed by atoms with van der Waals surface area (Å²) in [5, 5.41) is 0. The van der Waals surface area contributed by atoms with Gasteiger partial charge < -0.3 is 9.47 Å². The first-order valence-corrected chi connectivity index (χ1v) is 7.41. The van der Waals surface area contributed by atoms with E-state index in [-0.39, 0.29) is 0 Å². The molecule has 19 heavy (non-hydrogen) atoms. The predicted molar refractivity (Wildman–Crippen MR) is 79.2 cm³/mol. The minimum atomic E-state index is 0.708. The molecular weight excluding hydrogens is 304 g/mol. The fourth-order valence-electron chi connectivity index (χ4n) is 2.61. The number of nitrogens with zero attached hydrogens (tertiary/aromatic N) is 4. The molecule has 0 aromatic carbocycles. The second-order valence-corrected chi connectivity index (χ2v) is 5.80. The largest absolute Gasteiger partial charge is 0.370 e. The predicted octanol–water partition coefficient (Wildman–Crippen LogP) is 2.74. The SMILES string of the molecule is CCc1nccn1CC1CN(c2ccncc2Br)C1. The van der Waals surface area contributed by atoms with Gasteiger partial charge in [-0.15, -0.1) is 0 Å². The first-order chi connectivity index (χ1) is 9.28. The second kappa shape index (κ2) is 5.33. The van der Waals surface area contributed by atoms with Gasteiger partial charge in [-0.1, -0.05) is 6.92 Å².